The molecule has 0 radical (unpaired) electrons. The van der Waals surface area contributed by atoms with Crippen molar-refractivity contribution in [3.8, 4) is 6.07 Å². The Kier molecular flexibility index (Phi) is 6.77. The first-order valence-corrected chi connectivity index (χ1v) is 14.2. The van der Waals surface area contributed by atoms with Crippen LogP contribution in [0.3, 0.4) is 0 Å². The normalized spacial score (nSPS) is 30.9. The Labute approximate surface area is 221 Å². The van der Waals surface area contributed by atoms with E-state index in [1.165, 1.54) is 25.7 Å². The molecule has 0 saturated heterocycles. The molecule has 3 aliphatic rings. The summed E-state index contributed by atoms with van der Waals surface area (Å²) in [4.78, 5) is 12.8. The number of nitriles is 1. The monoisotopic (exact) mass is 501 g/mol. The van der Waals surface area contributed by atoms with E-state index in [-0.39, 0.29) is 17.4 Å². The second kappa shape index (κ2) is 9.62. The second-order valence-electron chi connectivity index (χ2n) is 13.0. The van der Waals surface area contributed by atoms with E-state index < -0.39 is 0 Å². The van der Waals surface area contributed by atoms with E-state index in [1.54, 1.807) is 11.1 Å². The molecule has 37 heavy (non-hydrogen) atoms. The zero-order valence-electron chi connectivity index (χ0n) is 23.2. The fraction of sp³-hybridized carbons (Fsp3) is 0.625. The van der Waals surface area contributed by atoms with Crippen LogP contribution in [0.5, 0.6) is 0 Å². The molecule has 5 heteroatoms. The Bertz CT molecular complexity index is 1280. The van der Waals surface area contributed by atoms with Gasteiger partial charge in [-0.15, -0.1) is 0 Å². The van der Waals surface area contributed by atoms with E-state index >= 15 is 0 Å². The van der Waals surface area contributed by atoms with E-state index in [2.05, 4.69) is 39.1 Å². The summed E-state index contributed by atoms with van der Waals surface area (Å²) in [6.07, 6.45) is 10.9. The number of carbonyl (C=O) groups excluding carboxylic acids is 1. The van der Waals surface area contributed by atoms with Gasteiger partial charge >= 0.3 is 0 Å². The number of aromatic nitrogens is 1. The van der Waals surface area contributed by atoms with Crippen molar-refractivity contribution >= 4 is 22.5 Å². The van der Waals surface area contributed by atoms with Gasteiger partial charge in [-0.1, -0.05) is 31.9 Å². The lowest BCUT2D eigenvalue weighted by molar-refractivity contribution is -0.149. The predicted octanol–water partition coefficient (Wildman–Crippen LogP) is 7.10. The predicted molar refractivity (Wildman–Crippen MR) is 149 cm³/mol. The zero-order valence-corrected chi connectivity index (χ0v) is 23.2. The van der Waals surface area contributed by atoms with E-state index in [9.17, 15) is 15.2 Å². The topological polar surface area (TPSA) is 78.0 Å². The number of fused-ring (bicyclic) bond motifs is 4. The van der Waals surface area contributed by atoms with Crippen molar-refractivity contribution in [3.05, 3.63) is 41.1 Å². The summed E-state index contributed by atoms with van der Waals surface area (Å²) in [5.41, 5.74) is 5.83. The van der Waals surface area contributed by atoms with Crippen molar-refractivity contribution in [2.75, 3.05) is 5.32 Å². The third-order valence-corrected chi connectivity index (χ3v) is 10.7. The maximum absolute atomic E-state index is 12.8. The minimum Gasteiger partial charge on any atom is -0.393 e. The number of nitrogens with one attached hydrogen (secondary N) is 1. The third kappa shape index (κ3) is 4.42. The van der Waals surface area contributed by atoms with Crippen molar-refractivity contribution in [3.63, 3.8) is 0 Å². The number of amides is 1. The lowest BCUT2D eigenvalue weighted by atomic mass is 9.43. The zero-order chi connectivity index (χ0) is 26.5. The fourth-order valence-corrected chi connectivity index (χ4v) is 8.65. The van der Waals surface area contributed by atoms with Crippen molar-refractivity contribution in [1.29, 1.82) is 5.26 Å². The summed E-state index contributed by atoms with van der Waals surface area (Å²) in [5, 5.41) is 24.1. The molecular formula is C32H43N3O2. The quantitative estimate of drug-likeness (QED) is 0.429. The standard InChI is InChI=1S/C32H43N3O2/c1-20-9-12-26-24(11-14-28-31(2,3)29(36)15-16-32(26,28)4)23(20)7-6-8-30(37)34-22-10-13-27-25(17-22)21(18-33)19-35(27)5/h10,13,17,19,24,26,28-29,36H,6-9,11-12,14-16H2,1-5H3,(H,34,37)/t24-,26-,28-,29-,32+/m0/s1. The SMILES string of the molecule is CC1=C(CCCC(=O)Nc2ccc3c(c2)c(C#N)cn3C)[C@@H]2CC[C@H]3C(C)(C)[C@@H](O)CC[C@]3(C)[C@H]2CC1. The minimum absolute atomic E-state index is 0.0107. The number of aliphatic hydroxyl groups is 1. The van der Waals surface area contributed by atoms with Gasteiger partial charge in [-0.3, -0.25) is 4.79 Å². The second-order valence-corrected chi connectivity index (χ2v) is 13.0. The van der Waals surface area contributed by atoms with E-state index in [4.69, 9.17) is 0 Å². The molecule has 1 aromatic heterocycles. The van der Waals surface area contributed by atoms with Crippen molar-refractivity contribution < 1.29 is 9.90 Å². The van der Waals surface area contributed by atoms with E-state index in [1.807, 2.05) is 36.0 Å². The van der Waals surface area contributed by atoms with Gasteiger partial charge in [0.05, 0.1) is 11.7 Å². The van der Waals surface area contributed by atoms with Crippen LogP contribution in [0.2, 0.25) is 0 Å². The maximum atomic E-state index is 12.8. The molecule has 2 N–H and O–H groups in total. The lowest BCUT2D eigenvalue weighted by Crippen LogP contribution is -2.56. The number of rotatable bonds is 5. The number of aliphatic hydroxyl groups excluding tert-OH is 1. The number of hydrogen-bond acceptors (Lipinski definition) is 3. The Balaban J connectivity index is 1.23. The van der Waals surface area contributed by atoms with Crippen LogP contribution in [0.4, 0.5) is 5.69 Å². The van der Waals surface area contributed by atoms with Gasteiger partial charge in [0, 0.05) is 36.3 Å². The van der Waals surface area contributed by atoms with Crippen LogP contribution in [-0.2, 0) is 11.8 Å². The average Bonchev–Trinajstić information content (AvgIpc) is 3.18. The molecule has 2 saturated carbocycles. The van der Waals surface area contributed by atoms with Gasteiger partial charge < -0.3 is 15.0 Å². The van der Waals surface area contributed by atoms with Gasteiger partial charge in [0.1, 0.15) is 6.07 Å². The van der Waals surface area contributed by atoms with Gasteiger partial charge in [-0.05, 0) is 105 Å². The molecule has 3 aliphatic carbocycles. The summed E-state index contributed by atoms with van der Waals surface area (Å²) in [6, 6.07) is 8.03. The van der Waals surface area contributed by atoms with Crippen LogP contribution in [-0.4, -0.2) is 21.7 Å². The molecule has 198 valence electrons. The van der Waals surface area contributed by atoms with Crippen molar-refractivity contribution in [2.24, 2.45) is 35.6 Å². The van der Waals surface area contributed by atoms with Gasteiger partial charge in [-0.2, -0.15) is 5.26 Å². The molecule has 1 aromatic carbocycles. The number of benzene rings is 1. The summed E-state index contributed by atoms with van der Waals surface area (Å²) >= 11 is 0. The smallest absolute Gasteiger partial charge is 0.224 e. The van der Waals surface area contributed by atoms with E-state index in [0.29, 0.717) is 35.2 Å². The Morgan fingerprint density at radius 3 is 2.76 bits per heavy atom. The summed E-state index contributed by atoms with van der Waals surface area (Å²) in [5.74, 6) is 1.95. The fourth-order valence-electron chi connectivity index (χ4n) is 8.65. The number of allylic oxidation sites excluding steroid dienone is 2. The number of aryl methyl sites for hydroxylation is 1. The highest BCUT2D eigenvalue weighted by molar-refractivity contribution is 5.95. The van der Waals surface area contributed by atoms with Crippen LogP contribution >= 0.6 is 0 Å². The number of hydrogen-bond donors (Lipinski definition) is 2. The summed E-state index contributed by atoms with van der Waals surface area (Å²) in [7, 11) is 1.93. The Morgan fingerprint density at radius 2 is 2.00 bits per heavy atom. The largest absolute Gasteiger partial charge is 0.393 e. The molecule has 0 aliphatic heterocycles. The molecule has 1 heterocycles. The molecular weight excluding hydrogens is 458 g/mol. The number of anilines is 1. The van der Waals surface area contributed by atoms with Crippen LogP contribution in [0, 0.1) is 39.9 Å². The average molecular weight is 502 g/mol. The molecule has 5 nitrogen and oxygen atoms in total. The molecule has 5 atom stereocenters. The maximum Gasteiger partial charge on any atom is 0.224 e. The lowest BCUT2D eigenvalue weighted by Gasteiger charge is -2.62. The summed E-state index contributed by atoms with van der Waals surface area (Å²) in [6.45, 7) is 9.42. The van der Waals surface area contributed by atoms with Crippen molar-refractivity contribution in [2.45, 2.75) is 91.6 Å². The highest BCUT2D eigenvalue weighted by Crippen LogP contribution is 2.64. The van der Waals surface area contributed by atoms with Gasteiger partial charge in [0.2, 0.25) is 5.91 Å². The Hall–Kier alpha value is -2.58. The summed E-state index contributed by atoms with van der Waals surface area (Å²) < 4.78 is 1.94. The molecule has 0 unspecified atom stereocenters. The van der Waals surface area contributed by atoms with Crippen molar-refractivity contribution in [1.82, 2.24) is 4.57 Å². The molecule has 2 fully saturated rings. The van der Waals surface area contributed by atoms with Gasteiger partial charge in [0.25, 0.3) is 0 Å². The van der Waals surface area contributed by atoms with Gasteiger partial charge in [-0.25, -0.2) is 0 Å². The van der Waals surface area contributed by atoms with Crippen LogP contribution in [0.15, 0.2) is 35.5 Å². The highest BCUT2D eigenvalue weighted by Gasteiger charge is 2.58. The first kappa shape index (κ1) is 26.0. The van der Waals surface area contributed by atoms with Crippen LogP contribution in [0.1, 0.15) is 91.0 Å². The van der Waals surface area contributed by atoms with Crippen LogP contribution < -0.4 is 5.32 Å². The van der Waals surface area contributed by atoms with E-state index in [0.717, 1.165) is 42.3 Å². The third-order valence-electron chi connectivity index (χ3n) is 10.7. The number of nitrogens with zero attached hydrogens (tertiary/aromatic N) is 2. The van der Waals surface area contributed by atoms with Gasteiger partial charge in [0.15, 0.2) is 0 Å². The molecule has 0 spiro atoms. The first-order valence-electron chi connectivity index (χ1n) is 14.2. The Morgan fingerprint density at radius 1 is 1.22 bits per heavy atom. The first-order chi connectivity index (χ1) is 17.6. The molecule has 1 amide bonds. The van der Waals surface area contributed by atoms with Crippen LogP contribution in [0.25, 0.3) is 10.9 Å². The minimum atomic E-state index is -0.185. The highest BCUT2D eigenvalue weighted by atomic mass is 16.3. The molecule has 2 aromatic rings. The molecule has 0 bridgehead atoms. The number of carbonyl (C=O) groups is 1. The molecule has 5 rings (SSSR count).